The first kappa shape index (κ1) is 16.6. The van der Waals surface area contributed by atoms with Crippen molar-refractivity contribution in [2.24, 2.45) is 0 Å². The molecule has 1 atom stereocenters. The first-order chi connectivity index (χ1) is 12.6. The van der Waals surface area contributed by atoms with Crippen LogP contribution in [0.5, 0.6) is 0 Å². The van der Waals surface area contributed by atoms with Crippen molar-refractivity contribution in [3.63, 3.8) is 0 Å². The average Bonchev–Trinajstić information content (AvgIpc) is 3.30. The minimum Gasteiger partial charge on any atom is -0.336 e. The smallest absolute Gasteiger partial charge is 0.255 e. The number of hydrogen-bond acceptors (Lipinski definition) is 3. The van der Waals surface area contributed by atoms with Gasteiger partial charge in [-0.3, -0.25) is 9.48 Å². The molecule has 0 aliphatic carbocycles. The maximum Gasteiger partial charge on any atom is 0.255 e. The number of carbonyl (C=O) groups excluding carboxylic acids is 1. The van der Waals surface area contributed by atoms with E-state index < -0.39 is 0 Å². The molecule has 4 rings (SSSR count). The Balaban J connectivity index is 1.61. The molecule has 1 aliphatic heterocycles. The fourth-order valence-electron chi connectivity index (χ4n) is 3.84. The lowest BCUT2D eigenvalue weighted by atomic mass is 10.0. The monoisotopic (exact) mass is 349 g/mol. The van der Waals surface area contributed by atoms with Crippen LogP contribution in [0.4, 0.5) is 0 Å². The lowest BCUT2D eigenvalue weighted by molar-refractivity contribution is 0.0672. The van der Waals surface area contributed by atoms with Gasteiger partial charge in [0.2, 0.25) is 0 Å². The van der Waals surface area contributed by atoms with Crippen molar-refractivity contribution < 1.29 is 4.79 Å². The molecule has 0 saturated carbocycles. The largest absolute Gasteiger partial charge is 0.336 e. The first-order valence-corrected chi connectivity index (χ1v) is 9.04. The highest BCUT2D eigenvalue weighted by Gasteiger charge is 2.28. The Morgan fingerprint density at radius 1 is 1.19 bits per heavy atom. The maximum atomic E-state index is 13.2. The summed E-state index contributed by atoms with van der Waals surface area (Å²) in [5, 5.41) is 4.35. The predicted molar refractivity (Wildman–Crippen MR) is 99.4 cm³/mol. The molecular weight excluding hydrogens is 326 g/mol. The molecule has 0 spiro atoms. The molecule has 1 amide bonds. The van der Waals surface area contributed by atoms with Crippen molar-refractivity contribution in [3.8, 4) is 5.82 Å². The minimum absolute atomic E-state index is 0.0946. The quantitative estimate of drug-likeness (QED) is 0.730. The number of amides is 1. The van der Waals surface area contributed by atoms with E-state index in [2.05, 4.69) is 10.1 Å². The molecular formula is C20H23N5O. The fourth-order valence-corrected chi connectivity index (χ4v) is 3.84. The molecule has 3 aromatic heterocycles. The van der Waals surface area contributed by atoms with Gasteiger partial charge in [0.1, 0.15) is 5.82 Å². The molecule has 0 aromatic carbocycles. The van der Waals surface area contributed by atoms with Gasteiger partial charge in [-0.25, -0.2) is 4.98 Å². The molecule has 26 heavy (non-hydrogen) atoms. The second-order valence-corrected chi connectivity index (χ2v) is 6.84. The summed E-state index contributed by atoms with van der Waals surface area (Å²) in [5.74, 6) is 0.937. The topological polar surface area (TPSA) is 56.0 Å². The van der Waals surface area contributed by atoms with E-state index in [-0.39, 0.29) is 11.9 Å². The number of likely N-dealkylation sites (tertiary alicyclic amines) is 1. The van der Waals surface area contributed by atoms with Crippen LogP contribution in [0, 0.1) is 13.8 Å². The molecule has 3 aromatic rings. The predicted octanol–water partition coefficient (Wildman–Crippen LogP) is 3.16. The van der Waals surface area contributed by atoms with E-state index in [1.807, 2.05) is 64.5 Å². The van der Waals surface area contributed by atoms with E-state index in [1.54, 1.807) is 12.4 Å². The van der Waals surface area contributed by atoms with Gasteiger partial charge in [0.05, 0.1) is 11.6 Å². The zero-order chi connectivity index (χ0) is 18.1. The van der Waals surface area contributed by atoms with Crippen molar-refractivity contribution in [2.45, 2.75) is 32.7 Å². The summed E-state index contributed by atoms with van der Waals surface area (Å²) in [4.78, 5) is 19.6. The number of rotatable bonds is 3. The Bertz CT molecular complexity index is 898. The number of aryl methyl sites for hydroxylation is 1. The lowest BCUT2D eigenvalue weighted by Crippen LogP contribution is -2.41. The standard InChI is InChI=1S/C20H23N5O/c1-15-13-18(16(2)25(15)19-8-3-4-9-21-19)20(26)23-11-5-7-17(14-23)24-12-6-10-22-24/h3-4,6,8-10,12-13,17H,5,7,11,14H2,1-2H3. The van der Waals surface area contributed by atoms with E-state index >= 15 is 0 Å². The summed E-state index contributed by atoms with van der Waals surface area (Å²) < 4.78 is 4.01. The van der Waals surface area contributed by atoms with Gasteiger partial charge in [-0.05, 0) is 51.0 Å². The summed E-state index contributed by atoms with van der Waals surface area (Å²) in [6.07, 6.45) is 7.59. The number of carbonyl (C=O) groups is 1. The Labute approximate surface area is 153 Å². The number of nitrogens with zero attached hydrogens (tertiary/aromatic N) is 5. The third kappa shape index (κ3) is 2.92. The van der Waals surface area contributed by atoms with E-state index in [9.17, 15) is 4.79 Å². The second kappa shape index (κ2) is 6.78. The summed E-state index contributed by atoms with van der Waals surface area (Å²) in [6.45, 7) is 5.50. The van der Waals surface area contributed by atoms with E-state index in [0.29, 0.717) is 6.54 Å². The molecule has 1 unspecified atom stereocenters. The van der Waals surface area contributed by atoms with E-state index in [1.165, 1.54) is 0 Å². The molecule has 1 fully saturated rings. The van der Waals surface area contributed by atoms with Crippen LogP contribution in [0.3, 0.4) is 0 Å². The molecule has 1 aliphatic rings. The van der Waals surface area contributed by atoms with E-state index in [0.717, 1.165) is 42.2 Å². The van der Waals surface area contributed by atoms with Gasteiger partial charge < -0.3 is 9.47 Å². The third-order valence-electron chi connectivity index (χ3n) is 5.12. The third-order valence-corrected chi connectivity index (χ3v) is 5.12. The summed E-state index contributed by atoms with van der Waals surface area (Å²) in [7, 11) is 0. The van der Waals surface area contributed by atoms with Gasteiger partial charge >= 0.3 is 0 Å². The normalized spacial score (nSPS) is 17.5. The highest BCUT2D eigenvalue weighted by atomic mass is 16.2. The van der Waals surface area contributed by atoms with Crippen LogP contribution in [-0.4, -0.2) is 43.2 Å². The van der Waals surface area contributed by atoms with Crippen LogP contribution in [0.15, 0.2) is 48.9 Å². The van der Waals surface area contributed by atoms with Crippen LogP contribution in [0.1, 0.15) is 40.6 Å². The van der Waals surface area contributed by atoms with Crippen molar-refractivity contribution in [3.05, 3.63) is 65.9 Å². The highest BCUT2D eigenvalue weighted by molar-refractivity contribution is 5.96. The molecule has 0 radical (unpaired) electrons. The van der Waals surface area contributed by atoms with Crippen LogP contribution in [0.2, 0.25) is 0 Å². The number of hydrogen-bond donors (Lipinski definition) is 0. The fraction of sp³-hybridized carbons (Fsp3) is 0.350. The zero-order valence-corrected chi connectivity index (χ0v) is 15.2. The average molecular weight is 349 g/mol. The number of piperidine rings is 1. The summed E-state index contributed by atoms with van der Waals surface area (Å²) in [6, 6.07) is 9.98. The van der Waals surface area contributed by atoms with Gasteiger partial charge in [-0.2, -0.15) is 5.10 Å². The van der Waals surface area contributed by atoms with Crippen LogP contribution < -0.4 is 0 Å². The van der Waals surface area contributed by atoms with Crippen molar-refractivity contribution >= 4 is 5.91 Å². The number of pyridine rings is 1. The molecule has 6 nitrogen and oxygen atoms in total. The summed E-state index contributed by atoms with van der Waals surface area (Å²) in [5.41, 5.74) is 2.71. The van der Waals surface area contributed by atoms with Gasteiger partial charge in [-0.1, -0.05) is 6.07 Å². The van der Waals surface area contributed by atoms with Crippen molar-refractivity contribution in [2.75, 3.05) is 13.1 Å². The molecule has 0 N–H and O–H groups in total. The van der Waals surface area contributed by atoms with Gasteiger partial charge in [0.25, 0.3) is 5.91 Å². The first-order valence-electron chi connectivity index (χ1n) is 9.04. The van der Waals surface area contributed by atoms with Crippen LogP contribution in [-0.2, 0) is 0 Å². The van der Waals surface area contributed by atoms with Crippen LogP contribution >= 0.6 is 0 Å². The zero-order valence-electron chi connectivity index (χ0n) is 15.2. The van der Waals surface area contributed by atoms with Crippen LogP contribution in [0.25, 0.3) is 5.82 Å². The molecule has 1 saturated heterocycles. The van der Waals surface area contributed by atoms with Gasteiger partial charge in [0.15, 0.2) is 0 Å². The van der Waals surface area contributed by atoms with Crippen molar-refractivity contribution in [1.82, 2.24) is 24.2 Å². The molecule has 134 valence electrons. The lowest BCUT2D eigenvalue weighted by Gasteiger charge is -2.33. The Kier molecular flexibility index (Phi) is 4.32. The van der Waals surface area contributed by atoms with E-state index in [4.69, 9.17) is 0 Å². The molecule has 0 bridgehead atoms. The summed E-state index contributed by atoms with van der Waals surface area (Å²) >= 11 is 0. The van der Waals surface area contributed by atoms with Gasteiger partial charge in [-0.15, -0.1) is 0 Å². The Morgan fingerprint density at radius 2 is 2.08 bits per heavy atom. The SMILES string of the molecule is Cc1cc(C(=O)N2CCCC(n3cccn3)C2)c(C)n1-c1ccccn1. The molecule has 6 heteroatoms. The Morgan fingerprint density at radius 3 is 2.81 bits per heavy atom. The minimum atomic E-state index is 0.0946. The number of aromatic nitrogens is 4. The Hall–Kier alpha value is -2.89. The van der Waals surface area contributed by atoms with Gasteiger partial charge in [0, 0.05) is 43.1 Å². The molecule has 4 heterocycles. The second-order valence-electron chi connectivity index (χ2n) is 6.84. The van der Waals surface area contributed by atoms with Crippen molar-refractivity contribution in [1.29, 1.82) is 0 Å². The highest BCUT2D eigenvalue weighted by Crippen LogP contribution is 2.25. The maximum absolute atomic E-state index is 13.2.